The normalized spacial score (nSPS) is 12.7. The maximum atomic E-state index is 11.7. The molecule has 0 spiro atoms. The van der Waals surface area contributed by atoms with Gasteiger partial charge in [0.1, 0.15) is 5.75 Å². The number of rotatable bonds is 6. The van der Waals surface area contributed by atoms with Crippen molar-refractivity contribution in [2.45, 2.75) is 13.0 Å². The Labute approximate surface area is 167 Å². The average molecular weight is 391 g/mol. The van der Waals surface area contributed by atoms with Crippen molar-refractivity contribution in [1.82, 2.24) is 20.5 Å². The van der Waals surface area contributed by atoms with Crippen molar-refractivity contribution >= 4 is 29.0 Å². The smallest absolute Gasteiger partial charge is 0.273 e. The third-order valence-electron chi connectivity index (χ3n) is 4.61. The third-order valence-corrected chi connectivity index (χ3v) is 4.61. The number of nitrogens with one attached hydrogen (secondary N) is 3. The predicted molar refractivity (Wildman–Crippen MR) is 110 cm³/mol. The number of aromatic nitrogens is 3. The minimum absolute atomic E-state index is 0.0407. The highest BCUT2D eigenvalue weighted by Gasteiger charge is 2.17. The van der Waals surface area contributed by atoms with Gasteiger partial charge in [-0.1, -0.05) is 18.2 Å². The lowest BCUT2D eigenvalue weighted by Gasteiger charge is -2.20. The molecule has 9 heteroatoms. The van der Waals surface area contributed by atoms with E-state index < -0.39 is 5.91 Å². The molecule has 148 valence electrons. The first kappa shape index (κ1) is 18.6. The summed E-state index contributed by atoms with van der Waals surface area (Å²) < 4.78 is 5.52. The van der Waals surface area contributed by atoms with Crippen LogP contribution in [0.5, 0.6) is 5.75 Å². The molecular weight excluding hydrogens is 370 g/mol. The summed E-state index contributed by atoms with van der Waals surface area (Å²) in [6.45, 7) is 1.73. The first-order valence-corrected chi connectivity index (χ1v) is 9.18. The van der Waals surface area contributed by atoms with Crippen LogP contribution in [0, 0.1) is 0 Å². The highest BCUT2D eigenvalue weighted by atomic mass is 16.5. The van der Waals surface area contributed by atoms with Crippen molar-refractivity contribution in [3.8, 4) is 5.75 Å². The van der Waals surface area contributed by atoms with Gasteiger partial charge in [0, 0.05) is 12.2 Å². The van der Waals surface area contributed by atoms with E-state index in [0.717, 1.165) is 25.2 Å². The Bertz CT molecular complexity index is 1040. The number of carbonyl (C=O) groups is 1. The molecule has 5 N–H and O–H groups in total. The standard InChI is InChI=1S/C20H21N7O2/c1-29-16-10-12-7-8-22-11-13(12)9-15(16)24-20-25-19(17(18(21)28)26-27-20)23-14-5-3-2-4-6-14/h2-6,9-10,22H,7-8,11H2,1H3,(H2,21,28)(H2,23,24,25,27). The Kier molecular flexibility index (Phi) is 5.21. The zero-order chi connectivity index (χ0) is 20.2. The van der Waals surface area contributed by atoms with Crippen LogP contribution in [0.4, 0.5) is 23.1 Å². The number of nitrogens with zero attached hydrogens (tertiary/aromatic N) is 3. The van der Waals surface area contributed by atoms with Gasteiger partial charge in [0.05, 0.1) is 12.8 Å². The second-order valence-electron chi connectivity index (χ2n) is 6.56. The lowest BCUT2D eigenvalue weighted by atomic mass is 10.00. The molecule has 1 amide bonds. The summed E-state index contributed by atoms with van der Waals surface area (Å²) in [7, 11) is 1.62. The topological polar surface area (TPSA) is 127 Å². The predicted octanol–water partition coefficient (Wildman–Crippen LogP) is 2.11. The lowest BCUT2D eigenvalue weighted by molar-refractivity contribution is 0.0995. The molecule has 29 heavy (non-hydrogen) atoms. The monoisotopic (exact) mass is 391 g/mol. The fraction of sp³-hybridized carbons (Fsp3) is 0.200. The second-order valence-corrected chi connectivity index (χ2v) is 6.56. The molecule has 0 unspecified atom stereocenters. The molecule has 0 atom stereocenters. The minimum Gasteiger partial charge on any atom is -0.495 e. The first-order chi connectivity index (χ1) is 14.1. The van der Waals surface area contributed by atoms with E-state index in [9.17, 15) is 4.79 Å². The number of amides is 1. The van der Waals surface area contributed by atoms with Gasteiger partial charge >= 0.3 is 0 Å². The molecule has 0 aliphatic carbocycles. The molecular formula is C20H21N7O2. The fourth-order valence-corrected chi connectivity index (χ4v) is 3.19. The van der Waals surface area contributed by atoms with Crippen LogP contribution in [-0.4, -0.2) is 34.7 Å². The van der Waals surface area contributed by atoms with Crippen LogP contribution in [0.2, 0.25) is 0 Å². The van der Waals surface area contributed by atoms with Crippen LogP contribution in [0.25, 0.3) is 0 Å². The Balaban J connectivity index is 1.67. The van der Waals surface area contributed by atoms with Crippen molar-refractivity contribution in [2.24, 2.45) is 5.73 Å². The number of anilines is 4. The van der Waals surface area contributed by atoms with Gasteiger partial charge in [-0.05, 0) is 48.4 Å². The third kappa shape index (κ3) is 4.09. The summed E-state index contributed by atoms with van der Waals surface area (Å²) in [6, 6.07) is 13.3. The SMILES string of the molecule is COc1cc2c(cc1Nc1nnc(C(N)=O)c(Nc3ccccc3)n1)CNCC2. The number of hydrogen-bond donors (Lipinski definition) is 4. The maximum Gasteiger partial charge on any atom is 0.273 e. The van der Waals surface area contributed by atoms with E-state index in [4.69, 9.17) is 10.5 Å². The summed E-state index contributed by atoms with van der Waals surface area (Å²) in [5.74, 6) is 0.411. The van der Waals surface area contributed by atoms with E-state index in [1.165, 1.54) is 11.1 Å². The second kappa shape index (κ2) is 8.11. The number of hydrogen-bond acceptors (Lipinski definition) is 8. The molecule has 0 saturated carbocycles. The molecule has 4 rings (SSSR count). The molecule has 0 fully saturated rings. The molecule has 2 aromatic carbocycles. The van der Waals surface area contributed by atoms with E-state index in [2.05, 4.69) is 31.1 Å². The Morgan fingerprint density at radius 3 is 2.72 bits per heavy atom. The molecule has 0 bridgehead atoms. The van der Waals surface area contributed by atoms with Crippen LogP contribution in [0.15, 0.2) is 42.5 Å². The number of ether oxygens (including phenoxy) is 1. The molecule has 2 heterocycles. The van der Waals surface area contributed by atoms with Gasteiger partial charge in [0.2, 0.25) is 5.95 Å². The number of nitrogens with two attached hydrogens (primary N) is 1. The molecule has 1 aromatic heterocycles. The Morgan fingerprint density at radius 1 is 1.14 bits per heavy atom. The van der Waals surface area contributed by atoms with E-state index in [-0.39, 0.29) is 17.5 Å². The molecule has 0 radical (unpaired) electrons. The number of methoxy groups -OCH3 is 1. The lowest BCUT2D eigenvalue weighted by Crippen LogP contribution is -2.23. The van der Waals surface area contributed by atoms with E-state index in [1.54, 1.807) is 7.11 Å². The van der Waals surface area contributed by atoms with E-state index in [0.29, 0.717) is 11.4 Å². The van der Waals surface area contributed by atoms with Gasteiger partial charge in [-0.15, -0.1) is 10.2 Å². The highest BCUT2D eigenvalue weighted by Crippen LogP contribution is 2.32. The largest absolute Gasteiger partial charge is 0.495 e. The van der Waals surface area contributed by atoms with Gasteiger partial charge in [-0.3, -0.25) is 4.79 Å². The van der Waals surface area contributed by atoms with Gasteiger partial charge in [-0.25, -0.2) is 0 Å². The molecule has 1 aliphatic heterocycles. The van der Waals surface area contributed by atoms with Crippen molar-refractivity contribution in [3.63, 3.8) is 0 Å². The van der Waals surface area contributed by atoms with Crippen molar-refractivity contribution < 1.29 is 9.53 Å². The number of benzene rings is 2. The first-order valence-electron chi connectivity index (χ1n) is 9.18. The van der Waals surface area contributed by atoms with Crippen LogP contribution in [0.3, 0.4) is 0 Å². The number of fused-ring (bicyclic) bond motifs is 1. The molecule has 0 saturated heterocycles. The summed E-state index contributed by atoms with van der Waals surface area (Å²) in [6.07, 6.45) is 0.947. The van der Waals surface area contributed by atoms with Crippen molar-refractivity contribution in [2.75, 3.05) is 24.3 Å². The quantitative estimate of drug-likeness (QED) is 0.503. The van der Waals surface area contributed by atoms with E-state index >= 15 is 0 Å². The van der Waals surface area contributed by atoms with E-state index in [1.807, 2.05) is 42.5 Å². The zero-order valence-corrected chi connectivity index (χ0v) is 15.9. The highest BCUT2D eigenvalue weighted by molar-refractivity contribution is 5.96. The van der Waals surface area contributed by atoms with Gasteiger partial charge in [0.15, 0.2) is 11.5 Å². The van der Waals surface area contributed by atoms with Gasteiger partial charge in [0.25, 0.3) is 5.91 Å². The summed E-state index contributed by atoms with van der Waals surface area (Å²) >= 11 is 0. The van der Waals surface area contributed by atoms with Crippen LogP contribution in [0.1, 0.15) is 21.6 Å². The number of primary amides is 1. The summed E-state index contributed by atoms with van der Waals surface area (Å²) in [4.78, 5) is 16.1. The van der Waals surface area contributed by atoms with Gasteiger partial charge < -0.3 is 26.4 Å². The Morgan fingerprint density at radius 2 is 1.97 bits per heavy atom. The van der Waals surface area contributed by atoms with Crippen molar-refractivity contribution in [1.29, 1.82) is 0 Å². The maximum absolute atomic E-state index is 11.7. The van der Waals surface area contributed by atoms with Crippen molar-refractivity contribution in [3.05, 3.63) is 59.3 Å². The number of para-hydroxylation sites is 1. The summed E-state index contributed by atoms with van der Waals surface area (Å²) in [5.41, 5.74) is 9.28. The van der Waals surface area contributed by atoms with Crippen LogP contribution >= 0.6 is 0 Å². The molecule has 1 aliphatic rings. The average Bonchev–Trinajstić information content (AvgIpc) is 2.74. The zero-order valence-electron chi connectivity index (χ0n) is 15.9. The molecule has 3 aromatic rings. The number of carbonyl (C=O) groups excluding carboxylic acids is 1. The van der Waals surface area contributed by atoms with Crippen LogP contribution < -0.4 is 26.4 Å². The molecule has 9 nitrogen and oxygen atoms in total. The fourth-order valence-electron chi connectivity index (χ4n) is 3.19. The Hall–Kier alpha value is -3.72. The van der Waals surface area contributed by atoms with Gasteiger partial charge in [-0.2, -0.15) is 4.98 Å². The summed E-state index contributed by atoms with van der Waals surface area (Å²) in [5, 5.41) is 17.5. The van der Waals surface area contributed by atoms with Crippen LogP contribution in [-0.2, 0) is 13.0 Å². The minimum atomic E-state index is -0.715.